The topological polar surface area (TPSA) is 84.9 Å². The summed E-state index contributed by atoms with van der Waals surface area (Å²) in [6, 6.07) is 12.8. The van der Waals surface area contributed by atoms with Crippen molar-refractivity contribution in [1.82, 2.24) is 5.32 Å². The third kappa shape index (κ3) is 6.88. The summed E-state index contributed by atoms with van der Waals surface area (Å²) in [5.41, 5.74) is 2.51. The van der Waals surface area contributed by atoms with Gasteiger partial charge in [0.25, 0.3) is 0 Å². The van der Waals surface area contributed by atoms with Crippen molar-refractivity contribution in [3.63, 3.8) is 0 Å². The quantitative estimate of drug-likeness (QED) is 0.511. The van der Waals surface area contributed by atoms with E-state index in [-0.39, 0.29) is 24.9 Å². The number of methoxy groups -OCH3 is 1. The number of carbonyl (C=O) groups is 1. The number of amides is 1. The molecular formula is C24H34N2O5S. The van der Waals surface area contributed by atoms with Crippen LogP contribution in [-0.2, 0) is 14.8 Å². The van der Waals surface area contributed by atoms with Crippen LogP contribution in [0.1, 0.15) is 50.3 Å². The molecule has 2 aromatic carbocycles. The number of sulfonamides is 1. The summed E-state index contributed by atoms with van der Waals surface area (Å²) < 4.78 is 37.0. The Kier molecular flexibility index (Phi) is 9.38. The zero-order valence-electron chi connectivity index (χ0n) is 19.6. The Hall–Kier alpha value is -2.74. The molecule has 0 fully saturated rings. The van der Waals surface area contributed by atoms with E-state index in [0.29, 0.717) is 24.5 Å². The summed E-state index contributed by atoms with van der Waals surface area (Å²) in [5.74, 6) is 1.20. The van der Waals surface area contributed by atoms with Gasteiger partial charge in [-0.25, -0.2) is 8.42 Å². The Bertz CT molecular complexity index is 1010. The Morgan fingerprint density at radius 1 is 1.12 bits per heavy atom. The van der Waals surface area contributed by atoms with Crippen molar-refractivity contribution >= 4 is 21.6 Å². The predicted octanol–water partition coefficient (Wildman–Crippen LogP) is 4.22. The fourth-order valence-corrected chi connectivity index (χ4v) is 4.56. The number of carbonyl (C=O) groups excluding carboxylic acids is 1. The van der Waals surface area contributed by atoms with E-state index in [9.17, 15) is 13.2 Å². The maximum absolute atomic E-state index is 12.6. The van der Waals surface area contributed by atoms with E-state index in [1.54, 1.807) is 31.4 Å². The fraction of sp³-hybridized carbons (Fsp3) is 0.458. The molecule has 1 amide bonds. The molecule has 0 aliphatic heterocycles. The number of hydrogen-bond donors (Lipinski definition) is 1. The maximum atomic E-state index is 12.6. The van der Waals surface area contributed by atoms with Crippen LogP contribution in [0.2, 0.25) is 0 Å². The van der Waals surface area contributed by atoms with E-state index in [0.717, 1.165) is 29.6 Å². The smallest absolute Gasteiger partial charge is 0.232 e. The summed E-state index contributed by atoms with van der Waals surface area (Å²) >= 11 is 0. The van der Waals surface area contributed by atoms with Crippen LogP contribution >= 0.6 is 0 Å². The molecule has 0 saturated heterocycles. The van der Waals surface area contributed by atoms with Crippen molar-refractivity contribution in [3.8, 4) is 11.5 Å². The van der Waals surface area contributed by atoms with Gasteiger partial charge in [-0.2, -0.15) is 0 Å². The predicted molar refractivity (Wildman–Crippen MR) is 128 cm³/mol. The largest absolute Gasteiger partial charge is 0.496 e. The van der Waals surface area contributed by atoms with Gasteiger partial charge >= 0.3 is 0 Å². The van der Waals surface area contributed by atoms with E-state index in [1.165, 1.54) is 4.31 Å². The number of para-hydroxylation sites is 2. The van der Waals surface area contributed by atoms with Gasteiger partial charge in [0.1, 0.15) is 11.5 Å². The summed E-state index contributed by atoms with van der Waals surface area (Å²) in [6.45, 7) is 6.45. The summed E-state index contributed by atoms with van der Waals surface area (Å²) in [4.78, 5) is 12.6. The van der Waals surface area contributed by atoms with Crippen LogP contribution in [-0.4, -0.2) is 40.8 Å². The van der Waals surface area contributed by atoms with Gasteiger partial charge in [0.05, 0.1) is 31.7 Å². The van der Waals surface area contributed by atoms with Gasteiger partial charge in [0.2, 0.25) is 15.9 Å². The third-order valence-electron chi connectivity index (χ3n) is 5.16. The fourth-order valence-electron chi connectivity index (χ4n) is 3.59. The van der Waals surface area contributed by atoms with E-state index < -0.39 is 10.0 Å². The zero-order chi connectivity index (χ0) is 23.7. The molecule has 0 heterocycles. The lowest BCUT2D eigenvalue weighted by Crippen LogP contribution is -2.33. The average molecular weight is 463 g/mol. The molecule has 2 rings (SSSR count). The van der Waals surface area contributed by atoms with Crippen LogP contribution in [0.15, 0.2) is 42.5 Å². The normalized spacial score (nSPS) is 12.2. The van der Waals surface area contributed by atoms with Crippen LogP contribution in [0.3, 0.4) is 0 Å². The van der Waals surface area contributed by atoms with Crippen molar-refractivity contribution in [2.24, 2.45) is 0 Å². The third-order valence-corrected chi connectivity index (χ3v) is 6.34. The second-order valence-corrected chi connectivity index (χ2v) is 9.50. The van der Waals surface area contributed by atoms with Crippen LogP contribution in [0.4, 0.5) is 5.69 Å². The summed E-state index contributed by atoms with van der Waals surface area (Å²) in [6.07, 6.45) is 2.51. The molecule has 0 radical (unpaired) electrons. The summed E-state index contributed by atoms with van der Waals surface area (Å²) in [7, 11) is -1.90. The second kappa shape index (κ2) is 11.8. The molecular weight excluding hydrogens is 428 g/mol. The Balaban J connectivity index is 2.03. The minimum atomic E-state index is -3.53. The van der Waals surface area contributed by atoms with Crippen molar-refractivity contribution in [3.05, 3.63) is 53.6 Å². The van der Waals surface area contributed by atoms with Crippen molar-refractivity contribution in [1.29, 1.82) is 0 Å². The number of ether oxygens (including phenoxy) is 2. The Morgan fingerprint density at radius 3 is 2.44 bits per heavy atom. The molecule has 32 heavy (non-hydrogen) atoms. The number of hydrogen-bond acceptors (Lipinski definition) is 5. The van der Waals surface area contributed by atoms with Crippen LogP contribution in [0.25, 0.3) is 0 Å². The molecule has 0 aliphatic rings. The molecule has 0 spiro atoms. The molecule has 7 nitrogen and oxygen atoms in total. The maximum Gasteiger partial charge on any atom is 0.232 e. The van der Waals surface area contributed by atoms with Gasteiger partial charge in [0.15, 0.2) is 0 Å². The molecule has 0 aromatic heterocycles. The lowest BCUT2D eigenvalue weighted by atomic mass is 10.0. The van der Waals surface area contributed by atoms with Crippen LogP contribution in [0.5, 0.6) is 11.5 Å². The van der Waals surface area contributed by atoms with E-state index >= 15 is 0 Å². The average Bonchev–Trinajstić information content (AvgIpc) is 2.75. The van der Waals surface area contributed by atoms with Gasteiger partial charge in [-0.3, -0.25) is 9.10 Å². The van der Waals surface area contributed by atoms with Crippen molar-refractivity contribution in [2.75, 3.05) is 30.8 Å². The van der Waals surface area contributed by atoms with Crippen LogP contribution < -0.4 is 19.1 Å². The van der Waals surface area contributed by atoms with Crippen LogP contribution in [0, 0.1) is 6.92 Å². The first-order valence-electron chi connectivity index (χ1n) is 10.8. The molecule has 1 unspecified atom stereocenters. The minimum Gasteiger partial charge on any atom is -0.496 e. The highest BCUT2D eigenvalue weighted by Crippen LogP contribution is 2.30. The molecule has 176 valence electrons. The minimum absolute atomic E-state index is 0.114. The number of rotatable bonds is 12. The molecule has 1 atom stereocenters. The van der Waals surface area contributed by atoms with E-state index in [4.69, 9.17) is 9.47 Å². The van der Waals surface area contributed by atoms with Gasteiger partial charge in [-0.15, -0.1) is 0 Å². The molecule has 0 saturated carbocycles. The highest BCUT2D eigenvalue weighted by molar-refractivity contribution is 7.92. The second-order valence-electron chi connectivity index (χ2n) is 7.60. The number of aryl methyl sites for hydroxylation is 1. The van der Waals surface area contributed by atoms with Crippen molar-refractivity contribution in [2.45, 2.75) is 46.1 Å². The highest BCUT2D eigenvalue weighted by atomic mass is 32.2. The molecule has 0 bridgehead atoms. The summed E-state index contributed by atoms with van der Waals surface area (Å²) in [5, 5.41) is 3.06. The zero-order valence-corrected chi connectivity index (χ0v) is 20.4. The SMILES string of the molecule is CCOc1ccccc1N(CCCC(=O)NC(CC)c1ccc(OC)c(C)c1)S(C)(=O)=O. The van der Waals surface area contributed by atoms with Gasteiger partial charge in [-0.1, -0.05) is 31.2 Å². The molecule has 0 aliphatic carbocycles. The Morgan fingerprint density at radius 2 is 1.84 bits per heavy atom. The number of anilines is 1. The molecule has 2 aromatic rings. The van der Waals surface area contributed by atoms with Crippen molar-refractivity contribution < 1.29 is 22.7 Å². The first kappa shape index (κ1) is 25.5. The monoisotopic (exact) mass is 462 g/mol. The lowest BCUT2D eigenvalue weighted by molar-refractivity contribution is -0.121. The van der Waals surface area contributed by atoms with Gasteiger partial charge < -0.3 is 14.8 Å². The van der Waals surface area contributed by atoms with E-state index in [1.807, 2.05) is 39.0 Å². The number of nitrogens with one attached hydrogen (secondary N) is 1. The first-order valence-corrected chi connectivity index (χ1v) is 12.7. The Labute approximate surface area is 191 Å². The number of benzene rings is 2. The van der Waals surface area contributed by atoms with Gasteiger partial charge in [-0.05, 0) is 56.0 Å². The lowest BCUT2D eigenvalue weighted by Gasteiger charge is -2.25. The number of nitrogens with zero attached hydrogens (tertiary/aromatic N) is 1. The molecule has 1 N–H and O–H groups in total. The standard InChI is InChI=1S/C24H34N2O5S/c1-6-20(19-14-15-22(30-4)18(3)17-19)25-24(27)13-10-16-26(32(5,28)29)21-11-8-9-12-23(21)31-7-2/h8-9,11-12,14-15,17,20H,6-7,10,13,16H2,1-5H3,(H,25,27). The van der Waals surface area contributed by atoms with E-state index in [2.05, 4.69) is 5.32 Å². The van der Waals surface area contributed by atoms with Gasteiger partial charge in [0, 0.05) is 13.0 Å². The first-order chi connectivity index (χ1) is 15.2. The highest BCUT2D eigenvalue weighted by Gasteiger charge is 2.21. The molecule has 8 heteroatoms.